The van der Waals surface area contributed by atoms with Crippen molar-refractivity contribution in [2.45, 2.75) is 38.7 Å². The maximum atomic E-state index is 11.0. The fourth-order valence-corrected chi connectivity index (χ4v) is 2.14. The Morgan fingerprint density at radius 2 is 2.07 bits per heavy atom. The van der Waals surface area contributed by atoms with Crippen molar-refractivity contribution in [3.63, 3.8) is 0 Å². The lowest BCUT2D eigenvalue weighted by Crippen LogP contribution is -2.37. The maximum Gasteiger partial charge on any atom is 0.309 e. The third-order valence-corrected chi connectivity index (χ3v) is 3.08. The number of aliphatic carboxylic acids is 1. The summed E-state index contributed by atoms with van der Waals surface area (Å²) in [6.07, 6.45) is 2.17. The molecule has 0 radical (unpaired) electrons. The minimum atomic E-state index is -0.879. The first kappa shape index (κ1) is 12.5. The van der Waals surface area contributed by atoms with Crippen LogP contribution in [-0.2, 0) is 9.53 Å². The lowest BCUT2D eigenvalue weighted by Gasteiger charge is -2.30. The molecule has 4 heteroatoms. The van der Waals surface area contributed by atoms with Crippen molar-refractivity contribution in [3.8, 4) is 0 Å². The van der Waals surface area contributed by atoms with Gasteiger partial charge in [0.1, 0.15) is 0 Å². The number of rotatable bonds is 5. The predicted octanol–water partition coefficient (Wildman–Crippen LogP) is 1.27. The van der Waals surface area contributed by atoms with E-state index in [-0.39, 0.29) is 5.92 Å². The highest BCUT2D eigenvalue weighted by Crippen LogP contribution is 2.26. The zero-order valence-electron chi connectivity index (χ0n) is 9.19. The van der Waals surface area contributed by atoms with Crippen molar-refractivity contribution < 1.29 is 19.7 Å². The minimum Gasteiger partial charge on any atom is -0.481 e. The third kappa shape index (κ3) is 3.47. The van der Waals surface area contributed by atoms with Crippen molar-refractivity contribution in [2.24, 2.45) is 11.8 Å². The molecule has 15 heavy (non-hydrogen) atoms. The van der Waals surface area contributed by atoms with Gasteiger partial charge in [-0.3, -0.25) is 4.79 Å². The lowest BCUT2D eigenvalue weighted by atomic mass is 9.84. The van der Waals surface area contributed by atoms with Crippen molar-refractivity contribution in [1.29, 1.82) is 0 Å². The standard InChI is InChI=1S/C11H20O4/c1-2-3-9(11(13)14)10(12)8-4-6-15-7-5-8/h8-10,12H,2-7H2,1H3,(H,13,14). The summed E-state index contributed by atoms with van der Waals surface area (Å²) in [5.41, 5.74) is 0. The highest BCUT2D eigenvalue weighted by molar-refractivity contribution is 5.70. The van der Waals surface area contributed by atoms with E-state index in [0.717, 1.165) is 19.3 Å². The van der Waals surface area contributed by atoms with Crippen LogP contribution in [0.5, 0.6) is 0 Å². The Morgan fingerprint density at radius 3 is 2.53 bits per heavy atom. The van der Waals surface area contributed by atoms with Gasteiger partial charge >= 0.3 is 5.97 Å². The number of carbonyl (C=O) groups is 1. The van der Waals surface area contributed by atoms with Gasteiger partial charge in [-0.05, 0) is 25.2 Å². The van der Waals surface area contributed by atoms with E-state index in [9.17, 15) is 9.90 Å². The van der Waals surface area contributed by atoms with Crippen molar-refractivity contribution in [3.05, 3.63) is 0 Å². The molecule has 1 aliphatic rings. The molecule has 1 heterocycles. The van der Waals surface area contributed by atoms with E-state index < -0.39 is 18.0 Å². The molecule has 1 saturated heterocycles. The largest absolute Gasteiger partial charge is 0.481 e. The van der Waals surface area contributed by atoms with Crippen molar-refractivity contribution in [1.82, 2.24) is 0 Å². The van der Waals surface area contributed by atoms with Crippen LogP contribution >= 0.6 is 0 Å². The van der Waals surface area contributed by atoms with Gasteiger partial charge in [0.2, 0.25) is 0 Å². The highest BCUT2D eigenvalue weighted by atomic mass is 16.5. The van der Waals surface area contributed by atoms with E-state index in [1.165, 1.54) is 0 Å². The third-order valence-electron chi connectivity index (χ3n) is 3.08. The van der Waals surface area contributed by atoms with Crippen LogP contribution in [0.2, 0.25) is 0 Å². The summed E-state index contributed by atoms with van der Waals surface area (Å²) in [6, 6.07) is 0. The molecule has 2 atom stereocenters. The number of aliphatic hydroxyl groups is 1. The molecule has 0 saturated carbocycles. The number of ether oxygens (including phenoxy) is 1. The van der Waals surface area contributed by atoms with Gasteiger partial charge in [-0.25, -0.2) is 0 Å². The number of carboxylic acid groups (broad SMARTS) is 1. The molecular weight excluding hydrogens is 196 g/mol. The molecular formula is C11H20O4. The van der Waals surface area contributed by atoms with Gasteiger partial charge in [-0.2, -0.15) is 0 Å². The fraction of sp³-hybridized carbons (Fsp3) is 0.909. The van der Waals surface area contributed by atoms with Crippen LogP contribution in [-0.4, -0.2) is 35.5 Å². The molecule has 4 nitrogen and oxygen atoms in total. The van der Waals surface area contributed by atoms with Crippen LogP contribution in [0.1, 0.15) is 32.6 Å². The first-order valence-corrected chi connectivity index (χ1v) is 5.65. The molecule has 0 aromatic carbocycles. The van der Waals surface area contributed by atoms with Crippen LogP contribution in [0.3, 0.4) is 0 Å². The van der Waals surface area contributed by atoms with Crippen LogP contribution < -0.4 is 0 Å². The Morgan fingerprint density at radius 1 is 1.47 bits per heavy atom. The van der Waals surface area contributed by atoms with E-state index in [4.69, 9.17) is 9.84 Å². The van der Waals surface area contributed by atoms with E-state index in [1.807, 2.05) is 6.92 Å². The average Bonchev–Trinajstić information content (AvgIpc) is 2.26. The van der Waals surface area contributed by atoms with E-state index in [0.29, 0.717) is 19.6 Å². The van der Waals surface area contributed by atoms with Crippen molar-refractivity contribution >= 4 is 5.97 Å². The molecule has 0 aliphatic carbocycles. The predicted molar refractivity (Wildman–Crippen MR) is 55.6 cm³/mol. The second-order valence-corrected chi connectivity index (χ2v) is 4.17. The van der Waals surface area contributed by atoms with Crippen LogP contribution in [0, 0.1) is 11.8 Å². The molecule has 0 bridgehead atoms. The summed E-state index contributed by atoms with van der Waals surface area (Å²) in [5.74, 6) is -1.40. The molecule has 2 unspecified atom stereocenters. The van der Waals surface area contributed by atoms with Crippen molar-refractivity contribution in [2.75, 3.05) is 13.2 Å². The average molecular weight is 216 g/mol. The molecule has 0 aromatic rings. The monoisotopic (exact) mass is 216 g/mol. The molecule has 0 aromatic heterocycles. The van der Waals surface area contributed by atoms with Crippen LogP contribution in [0.4, 0.5) is 0 Å². The van der Waals surface area contributed by atoms with Gasteiger partial charge in [0.25, 0.3) is 0 Å². The maximum absolute atomic E-state index is 11.0. The van der Waals surface area contributed by atoms with Crippen LogP contribution in [0.25, 0.3) is 0 Å². The van der Waals surface area contributed by atoms with Crippen LogP contribution in [0.15, 0.2) is 0 Å². The molecule has 0 amide bonds. The van der Waals surface area contributed by atoms with Gasteiger partial charge in [-0.15, -0.1) is 0 Å². The Balaban J connectivity index is 2.53. The summed E-state index contributed by atoms with van der Waals surface area (Å²) < 4.78 is 5.19. The van der Waals surface area contributed by atoms with Gasteiger partial charge < -0.3 is 14.9 Å². The molecule has 0 spiro atoms. The minimum absolute atomic E-state index is 0.0893. The van der Waals surface area contributed by atoms with Gasteiger partial charge in [0.15, 0.2) is 0 Å². The first-order valence-electron chi connectivity index (χ1n) is 5.65. The molecule has 1 aliphatic heterocycles. The fourth-order valence-electron chi connectivity index (χ4n) is 2.14. The molecule has 1 fully saturated rings. The number of carboxylic acids is 1. The summed E-state index contributed by atoms with van der Waals surface area (Å²) in [4.78, 5) is 11.0. The quantitative estimate of drug-likeness (QED) is 0.726. The second kappa shape index (κ2) is 6.08. The van der Waals surface area contributed by atoms with E-state index in [2.05, 4.69) is 0 Å². The van der Waals surface area contributed by atoms with Gasteiger partial charge in [-0.1, -0.05) is 13.3 Å². The second-order valence-electron chi connectivity index (χ2n) is 4.17. The van der Waals surface area contributed by atoms with Gasteiger partial charge in [0, 0.05) is 13.2 Å². The Kier molecular flexibility index (Phi) is 5.05. The summed E-state index contributed by atoms with van der Waals surface area (Å²) in [5, 5.41) is 19.0. The zero-order chi connectivity index (χ0) is 11.3. The van der Waals surface area contributed by atoms with Gasteiger partial charge in [0.05, 0.1) is 12.0 Å². The topological polar surface area (TPSA) is 66.8 Å². The number of aliphatic hydroxyl groups excluding tert-OH is 1. The first-order chi connectivity index (χ1) is 7.16. The number of hydrogen-bond acceptors (Lipinski definition) is 3. The lowest BCUT2D eigenvalue weighted by molar-refractivity contribution is -0.148. The smallest absolute Gasteiger partial charge is 0.309 e. The molecule has 88 valence electrons. The Labute approximate surface area is 90.2 Å². The normalized spacial score (nSPS) is 22.3. The number of hydrogen-bond donors (Lipinski definition) is 2. The summed E-state index contributed by atoms with van der Waals surface area (Å²) in [7, 11) is 0. The van der Waals surface area contributed by atoms with E-state index in [1.54, 1.807) is 0 Å². The Bertz CT molecular complexity index is 199. The SMILES string of the molecule is CCCC(C(=O)O)C(O)C1CCOCC1. The summed E-state index contributed by atoms with van der Waals surface area (Å²) >= 11 is 0. The summed E-state index contributed by atoms with van der Waals surface area (Å²) in [6.45, 7) is 3.22. The molecule has 2 N–H and O–H groups in total. The van der Waals surface area contributed by atoms with E-state index >= 15 is 0 Å². The zero-order valence-corrected chi connectivity index (χ0v) is 9.19. The highest BCUT2D eigenvalue weighted by Gasteiger charge is 2.32. The molecule has 1 rings (SSSR count). The Hall–Kier alpha value is -0.610.